The average Bonchev–Trinajstić information content (AvgIpc) is 2.71. The van der Waals surface area contributed by atoms with E-state index < -0.39 is 5.97 Å². The summed E-state index contributed by atoms with van der Waals surface area (Å²) in [6.45, 7) is 3.98. The van der Waals surface area contributed by atoms with Crippen molar-refractivity contribution >= 4 is 5.97 Å². The molecule has 0 amide bonds. The summed E-state index contributed by atoms with van der Waals surface area (Å²) in [5.74, 6) is -1.04. The minimum absolute atomic E-state index is 0.0661. The first-order valence-corrected chi connectivity index (χ1v) is 5.95. The Kier molecular flexibility index (Phi) is 3.50. The fraction of sp³-hybridized carbons (Fsp3) is 0.308. The smallest absolute Gasteiger partial charge is 0.337 e. The molecule has 0 aliphatic heterocycles. The molecule has 0 fully saturated rings. The van der Waals surface area contributed by atoms with Crippen LogP contribution in [0.5, 0.6) is 0 Å². The van der Waals surface area contributed by atoms with Crippen LogP contribution in [-0.4, -0.2) is 25.2 Å². The zero-order valence-corrected chi connectivity index (χ0v) is 10.8. The molecule has 19 heavy (non-hydrogen) atoms. The van der Waals surface area contributed by atoms with E-state index in [0.29, 0.717) is 5.69 Å². The Labute approximate surface area is 109 Å². The van der Waals surface area contributed by atoms with Gasteiger partial charge in [0, 0.05) is 24.6 Å². The van der Waals surface area contributed by atoms with Crippen molar-refractivity contribution in [3.05, 3.63) is 52.5 Å². The predicted molar refractivity (Wildman–Crippen MR) is 69.4 cm³/mol. The van der Waals surface area contributed by atoms with Gasteiger partial charge in [0.1, 0.15) is 0 Å². The van der Waals surface area contributed by atoms with Crippen molar-refractivity contribution in [3.8, 4) is 0 Å². The molecule has 2 aromatic rings. The van der Waals surface area contributed by atoms with E-state index in [1.807, 2.05) is 13.8 Å². The summed E-state index contributed by atoms with van der Waals surface area (Å²) in [5, 5.41) is 9.07. The maximum absolute atomic E-state index is 12.0. The van der Waals surface area contributed by atoms with E-state index in [9.17, 15) is 9.59 Å². The number of rotatable bonds is 4. The van der Waals surface area contributed by atoms with Gasteiger partial charge >= 0.3 is 11.7 Å². The van der Waals surface area contributed by atoms with E-state index in [4.69, 9.17) is 5.11 Å². The van der Waals surface area contributed by atoms with E-state index in [-0.39, 0.29) is 23.8 Å². The summed E-state index contributed by atoms with van der Waals surface area (Å²) < 4.78 is 3.04. The van der Waals surface area contributed by atoms with Crippen LogP contribution >= 0.6 is 0 Å². The lowest BCUT2D eigenvalue weighted by Gasteiger charge is -2.06. The molecule has 0 aliphatic carbocycles. The third-order valence-electron chi connectivity index (χ3n) is 2.87. The van der Waals surface area contributed by atoms with Crippen LogP contribution in [0.25, 0.3) is 0 Å². The minimum atomic E-state index is -1.04. The summed E-state index contributed by atoms with van der Waals surface area (Å²) in [4.78, 5) is 27.2. The fourth-order valence-electron chi connectivity index (χ4n) is 1.86. The second kappa shape index (κ2) is 5.09. The number of hydrogen-bond acceptors (Lipinski definition) is 3. The van der Waals surface area contributed by atoms with E-state index >= 15 is 0 Å². The molecule has 2 aromatic heterocycles. The third kappa shape index (κ3) is 2.57. The highest BCUT2D eigenvalue weighted by Gasteiger charge is 2.13. The largest absolute Gasteiger partial charge is 0.478 e. The molecule has 0 unspecified atom stereocenters. The second-order valence-electron chi connectivity index (χ2n) is 4.51. The molecule has 0 bridgehead atoms. The van der Waals surface area contributed by atoms with Crippen molar-refractivity contribution in [1.29, 1.82) is 0 Å². The topological polar surface area (TPSA) is 77.1 Å². The Morgan fingerprint density at radius 2 is 2.16 bits per heavy atom. The lowest BCUT2D eigenvalue weighted by Crippen LogP contribution is -2.26. The zero-order chi connectivity index (χ0) is 14.0. The first-order valence-electron chi connectivity index (χ1n) is 5.95. The third-order valence-corrected chi connectivity index (χ3v) is 2.87. The number of carboxylic acid groups (broad SMARTS) is 1. The number of hydrogen-bond donors (Lipinski definition) is 1. The molecule has 1 N–H and O–H groups in total. The first-order chi connectivity index (χ1) is 9.00. The highest BCUT2D eigenvalue weighted by atomic mass is 16.4. The van der Waals surface area contributed by atoms with Crippen LogP contribution in [0.15, 0.2) is 35.5 Å². The summed E-state index contributed by atoms with van der Waals surface area (Å²) in [7, 11) is 0. The van der Waals surface area contributed by atoms with Gasteiger partial charge in [-0.15, -0.1) is 0 Å². The van der Waals surface area contributed by atoms with Gasteiger partial charge in [0.05, 0.1) is 17.8 Å². The predicted octanol–water partition coefficient (Wildman–Crippen LogP) is 1.37. The van der Waals surface area contributed by atoms with Crippen molar-refractivity contribution in [2.75, 3.05) is 0 Å². The van der Waals surface area contributed by atoms with Gasteiger partial charge in [0.25, 0.3) is 0 Å². The Balaban J connectivity index is 2.37. The number of carbonyl (C=O) groups is 1. The van der Waals surface area contributed by atoms with Crippen molar-refractivity contribution in [3.63, 3.8) is 0 Å². The standard InChI is InChI=1S/C13H15N3O3/c1-9(2)16-7-6-15(13(16)19)8-11-10(12(17)18)4-3-5-14-11/h3-7,9H,8H2,1-2H3,(H,17,18). The van der Waals surface area contributed by atoms with Crippen LogP contribution < -0.4 is 5.69 Å². The van der Waals surface area contributed by atoms with E-state index in [0.717, 1.165) is 0 Å². The molecule has 6 nitrogen and oxygen atoms in total. The molecule has 0 radical (unpaired) electrons. The van der Waals surface area contributed by atoms with Gasteiger partial charge in [-0.25, -0.2) is 9.59 Å². The van der Waals surface area contributed by atoms with E-state index in [1.54, 1.807) is 23.0 Å². The number of pyridine rings is 1. The monoisotopic (exact) mass is 261 g/mol. The van der Waals surface area contributed by atoms with Crippen LogP contribution in [0.3, 0.4) is 0 Å². The highest BCUT2D eigenvalue weighted by molar-refractivity contribution is 5.88. The highest BCUT2D eigenvalue weighted by Crippen LogP contribution is 2.07. The molecular weight excluding hydrogens is 246 g/mol. The Morgan fingerprint density at radius 3 is 2.74 bits per heavy atom. The van der Waals surface area contributed by atoms with Gasteiger partial charge in [0.15, 0.2) is 0 Å². The summed E-state index contributed by atoms with van der Waals surface area (Å²) in [6.07, 6.45) is 4.85. The van der Waals surface area contributed by atoms with Crippen LogP contribution in [0.2, 0.25) is 0 Å². The van der Waals surface area contributed by atoms with Gasteiger partial charge in [-0.1, -0.05) is 0 Å². The number of nitrogens with zero attached hydrogens (tertiary/aromatic N) is 3. The Bertz CT molecular complexity index is 655. The number of imidazole rings is 1. The van der Waals surface area contributed by atoms with Crippen LogP contribution in [-0.2, 0) is 6.54 Å². The molecular formula is C13H15N3O3. The normalized spacial score (nSPS) is 10.9. The quantitative estimate of drug-likeness (QED) is 0.901. The van der Waals surface area contributed by atoms with Gasteiger partial charge < -0.3 is 5.11 Å². The fourth-order valence-corrected chi connectivity index (χ4v) is 1.86. The summed E-state index contributed by atoms with van der Waals surface area (Å²) in [6, 6.07) is 3.11. The Morgan fingerprint density at radius 1 is 1.42 bits per heavy atom. The molecule has 0 spiro atoms. The lowest BCUT2D eigenvalue weighted by atomic mass is 10.2. The van der Waals surface area contributed by atoms with Gasteiger partial charge in [-0.3, -0.25) is 14.1 Å². The van der Waals surface area contributed by atoms with Crippen molar-refractivity contribution < 1.29 is 9.90 Å². The molecule has 0 saturated heterocycles. The zero-order valence-electron chi connectivity index (χ0n) is 10.8. The molecule has 100 valence electrons. The van der Waals surface area contributed by atoms with Crippen molar-refractivity contribution in [2.45, 2.75) is 26.4 Å². The van der Waals surface area contributed by atoms with Gasteiger partial charge in [0.2, 0.25) is 0 Å². The van der Waals surface area contributed by atoms with Crippen molar-refractivity contribution in [2.24, 2.45) is 0 Å². The average molecular weight is 261 g/mol. The van der Waals surface area contributed by atoms with Crippen LogP contribution in [0.4, 0.5) is 0 Å². The number of carboxylic acids is 1. The lowest BCUT2D eigenvalue weighted by molar-refractivity contribution is 0.0695. The molecule has 0 atom stereocenters. The van der Waals surface area contributed by atoms with E-state index in [2.05, 4.69) is 4.98 Å². The maximum Gasteiger partial charge on any atom is 0.337 e. The molecule has 6 heteroatoms. The molecule has 0 aromatic carbocycles. The van der Waals surface area contributed by atoms with E-state index in [1.165, 1.54) is 16.8 Å². The van der Waals surface area contributed by atoms with Crippen LogP contribution in [0, 0.1) is 0 Å². The Hall–Kier alpha value is -2.37. The van der Waals surface area contributed by atoms with Crippen LogP contribution in [0.1, 0.15) is 35.9 Å². The SMILES string of the molecule is CC(C)n1ccn(Cc2ncccc2C(=O)O)c1=O. The van der Waals surface area contributed by atoms with Crippen molar-refractivity contribution in [1.82, 2.24) is 14.1 Å². The van der Waals surface area contributed by atoms with Gasteiger partial charge in [-0.2, -0.15) is 0 Å². The maximum atomic E-state index is 12.0. The molecule has 0 aliphatic rings. The molecule has 2 rings (SSSR count). The van der Waals surface area contributed by atoms with Gasteiger partial charge in [-0.05, 0) is 26.0 Å². The first kappa shape index (κ1) is 13.1. The summed E-state index contributed by atoms with van der Waals surface area (Å²) >= 11 is 0. The molecule has 2 heterocycles. The second-order valence-corrected chi connectivity index (χ2v) is 4.51. The molecule has 0 saturated carbocycles. The summed E-state index contributed by atoms with van der Waals surface area (Å²) in [5.41, 5.74) is 0.322. The minimum Gasteiger partial charge on any atom is -0.478 e. The number of aromatic nitrogens is 3. The number of aromatic carboxylic acids is 1.